The van der Waals surface area contributed by atoms with Gasteiger partial charge in [0.25, 0.3) is 5.91 Å². The van der Waals surface area contributed by atoms with Crippen LogP contribution in [0.4, 0.5) is 0 Å². The molecule has 0 saturated heterocycles. The lowest BCUT2D eigenvalue weighted by Crippen LogP contribution is -2.28. The summed E-state index contributed by atoms with van der Waals surface area (Å²) in [5.41, 5.74) is 2.49. The van der Waals surface area contributed by atoms with Crippen molar-refractivity contribution in [1.82, 2.24) is 15.2 Å². The third-order valence-corrected chi connectivity index (χ3v) is 5.73. The average Bonchev–Trinajstić information content (AvgIpc) is 3.23. The van der Waals surface area contributed by atoms with Crippen molar-refractivity contribution in [3.63, 3.8) is 0 Å². The molecule has 0 saturated carbocycles. The molecule has 0 aliphatic heterocycles. The van der Waals surface area contributed by atoms with Gasteiger partial charge in [-0.3, -0.25) is 9.69 Å². The maximum Gasteiger partial charge on any atom is 0.273 e. The van der Waals surface area contributed by atoms with E-state index in [1.165, 1.54) is 11.8 Å². The van der Waals surface area contributed by atoms with E-state index in [2.05, 4.69) is 34.3 Å². The molecule has 0 fully saturated rings. The van der Waals surface area contributed by atoms with Crippen LogP contribution in [0.15, 0.2) is 59.2 Å². The summed E-state index contributed by atoms with van der Waals surface area (Å²) in [5, 5.41) is 3.91. The van der Waals surface area contributed by atoms with Crippen molar-refractivity contribution in [3.8, 4) is 0 Å². The number of carbonyl (C=O) groups excluding carboxylic acids is 1. The number of nitrogens with one attached hydrogen (secondary N) is 1. The first-order chi connectivity index (χ1) is 14.8. The smallest absolute Gasteiger partial charge is 0.273 e. The van der Waals surface area contributed by atoms with Crippen molar-refractivity contribution in [2.45, 2.75) is 39.9 Å². The summed E-state index contributed by atoms with van der Waals surface area (Å²) >= 11 is 12.3. The highest BCUT2D eigenvalue weighted by Crippen LogP contribution is 2.27. The lowest BCUT2D eigenvalue weighted by atomic mass is 10.1. The zero-order chi connectivity index (χ0) is 22.4. The number of nitrogens with zero attached hydrogens (tertiary/aromatic N) is 2. The van der Waals surface area contributed by atoms with Crippen LogP contribution in [0.5, 0.6) is 0 Å². The summed E-state index contributed by atoms with van der Waals surface area (Å²) in [6, 6.07) is 15.9. The van der Waals surface area contributed by atoms with Crippen LogP contribution >= 0.6 is 23.2 Å². The van der Waals surface area contributed by atoms with Crippen molar-refractivity contribution in [2.24, 2.45) is 5.92 Å². The number of carbonyl (C=O) groups is 1. The topological polar surface area (TPSA) is 58.4 Å². The van der Waals surface area contributed by atoms with Crippen molar-refractivity contribution in [3.05, 3.63) is 87.6 Å². The third kappa shape index (κ3) is 6.57. The van der Waals surface area contributed by atoms with Crippen LogP contribution in [0.25, 0.3) is 0 Å². The highest BCUT2D eigenvalue weighted by molar-refractivity contribution is 6.42. The molecule has 1 aromatic heterocycles. The number of oxazole rings is 1. The number of aromatic nitrogens is 1. The molecule has 5 nitrogen and oxygen atoms in total. The summed E-state index contributed by atoms with van der Waals surface area (Å²) < 4.78 is 5.63. The molecule has 2 aromatic carbocycles. The van der Waals surface area contributed by atoms with Crippen LogP contribution in [-0.4, -0.2) is 22.3 Å². The molecule has 1 atom stereocenters. The number of benzene rings is 2. The van der Waals surface area contributed by atoms with Gasteiger partial charge in [-0.2, -0.15) is 0 Å². The standard InChI is InChI=1S/C24H27Cl2N3O2/c1-16(2)12-27-24(30)22-15-31-23(28-22)14-29(17(3)19-7-5-4-6-8-19)13-18-9-10-20(25)21(26)11-18/h4-11,15-17H,12-14H2,1-3H3,(H,27,30). The van der Waals surface area contributed by atoms with E-state index in [1.807, 2.05) is 44.2 Å². The molecule has 7 heteroatoms. The Morgan fingerprint density at radius 2 is 1.81 bits per heavy atom. The van der Waals surface area contributed by atoms with Crippen LogP contribution in [0, 0.1) is 5.92 Å². The van der Waals surface area contributed by atoms with Gasteiger partial charge in [-0.25, -0.2) is 4.98 Å². The number of rotatable bonds is 9. The van der Waals surface area contributed by atoms with Crippen LogP contribution in [0.1, 0.15) is 54.3 Å². The molecule has 0 spiro atoms. The minimum atomic E-state index is -0.226. The monoisotopic (exact) mass is 459 g/mol. The van der Waals surface area contributed by atoms with E-state index in [9.17, 15) is 4.79 Å². The summed E-state index contributed by atoms with van der Waals surface area (Å²) in [4.78, 5) is 18.9. The first-order valence-corrected chi connectivity index (χ1v) is 11.0. The predicted octanol–water partition coefficient (Wildman–Crippen LogP) is 6.13. The van der Waals surface area contributed by atoms with Crippen LogP contribution < -0.4 is 5.32 Å². The molecule has 0 aliphatic carbocycles. The van der Waals surface area contributed by atoms with Gasteiger partial charge in [-0.1, -0.05) is 73.4 Å². The Labute approximate surface area is 193 Å². The predicted molar refractivity (Wildman–Crippen MR) is 124 cm³/mol. The second kappa shape index (κ2) is 10.8. The van der Waals surface area contributed by atoms with Crippen LogP contribution in [0.2, 0.25) is 10.0 Å². The maximum absolute atomic E-state index is 12.3. The summed E-state index contributed by atoms with van der Waals surface area (Å²) in [6.45, 7) is 7.86. The van der Waals surface area contributed by atoms with Gasteiger partial charge in [-0.05, 0) is 36.1 Å². The molecule has 164 valence electrons. The van der Waals surface area contributed by atoms with Crippen molar-refractivity contribution in [2.75, 3.05) is 6.54 Å². The fourth-order valence-corrected chi connectivity index (χ4v) is 3.51. The molecule has 31 heavy (non-hydrogen) atoms. The van der Waals surface area contributed by atoms with Gasteiger partial charge in [0, 0.05) is 19.1 Å². The van der Waals surface area contributed by atoms with Gasteiger partial charge in [0.15, 0.2) is 5.69 Å². The van der Waals surface area contributed by atoms with Gasteiger partial charge in [-0.15, -0.1) is 0 Å². The van der Waals surface area contributed by atoms with E-state index >= 15 is 0 Å². The SMILES string of the molecule is CC(C)CNC(=O)c1coc(CN(Cc2ccc(Cl)c(Cl)c2)C(C)c2ccccc2)n1. The average molecular weight is 460 g/mol. The Morgan fingerprint density at radius 1 is 1.06 bits per heavy atom. The minimum Gasteiger partial charge on any atom is -0.447 e. The van der Waals surface area contributed by atoms with E-state index < -0.39 is 0 Å². The van der Waals surface area contributed by atoms with E-state index in [-0.39, 0.29) is 17.6 Å². The maximum atomic E-state index is 12.3. The minimum absolute atomic E-state index is 0.0840. The number of halogens is 2. The van der Waals surface area contributed by atoms with Gasteiger partial charge < -0.3 is 9.73 Å². The Bertz CT molecular complexity index is 1010. The van der Waals surface area contributed by atoms with E-state index in [0.29, 0.717) is 41.5 Å². The van der Waals surface area contributed by atoms with Crippen molar-refractivity contribution < 1.29 is 9.21 Å². The molecular formula is C24H27Cl2N3O2. The summed E-state index contributed by atoms with van der Waals surface area (Å²) in [6.07, 6.45) is 1.41. The van der Waals surface area contributed by atoms with Crippen LogP contribution in [-0.2, 0) is 13.1 Å². The van der Waals surface area contributed by atoms with Crippen molar-refractivity contribution in [1.29, 1.82) is 0 Å². The molecule has 0 aliphatic rings. The molecular weight excluding hydrogens is 433 g/mol. The van der Waals surface area contributed by atoms with E-state index in [0.717, 1.165) is 5.56 Å². The quantitative estimate of drug-likeness (QED) is 0.417. The Morgan fingerprint density at radius 3 is 2.48 bits per heavy atom. The number of hydrogen-bond acceptors (Lipinski definition) is 4. The molecule has 0 radical (unpaired) electrons. The zero-order valence-corrected chi connectivity index (χ0v) is 19.5. The fraction of sp³-hybridized carbons (Fsp3) is 0.333. The second-order valence-electron chi connectivity index (χ2n) is 7.97. The van der Waals surface area contributed by atoms with Gasteiger partial charge >= 0.3 is 0 Å². The molecule has 0 bridgehead atoms. The summed E-state index contributed by atoms with van der Waals surface area (Å²) in [5.74, 6) is 0.622. The lowest BCUT2D eigenvalue weighted by molar-refractivity contribution is 0.0944. The third-order valence-electron chi connectivity index (χ3n) is 4.99. The molecule has 1 unspecified atom stereocenters. The Kier molecular flexibility index (Phi) is 8.13. The number of amides is 1. The second-order valence-corrected chi connectivity index (χ2v) is 8.78. The van der Waals surface area contributed by atoms with Gasteiger partial charge in [0.05, 0.1) is 16.6 Å². The molecule has 1 heterocycles. The zero-order valence-electron chi connectivity index (χ0n) is 17.9. The Hall–Kier alpha value is -2.34. The van der Waals surface area contributed by atoms with Gasteiger partial charge in [0.1, 0.15) is 6.26 Å². The first-order valence-electron chi connectivity index (χ1n) is 10.3. The fourth-order valence-electron chi connectivity index (χ4n) is 3.19. The van der Waals surface area contributed by atoms with Gasteiger partial charge in [0.2, 0.25) is 5.89 Å². The largest absolute Gasteiger partial charge is 0.447 e. The highest BCUT2D eigenvalue weighted by Gasteiger charge is 2.21. The molecule has 1 N–H and O–H groups in total. The highest BCUT2D eigenvalue weighted by atomic mass is 35.5. The van der Waals surface area contributed by atoms with Crippen molar-refractivity contribution >= 4 is 29.1 Å². The first kappa shape index (κ1) is 23.3. The van der Waals surface area contributed by atoms with Crippen LogP contribution in [0.3, 0.4) is 0 Å². The normalized spacial score (nSPS) is 12.4. The van der Waals surface area contributed by atoms with E-state index in [4.69, 9.17) is 27.6 Å². The molecule has 3 aromatic rings. The molecule has 1 amide bonds. The molecule has 3 rings (SSSR count). The Balaban J connectivity index is 1.79. The summed E-state index contributed by atoms with van der Waals surface area (Å²) in [7, 11) is 0. The number of hydrogen-bond donors (Lipinski definition) is 1. The van der Waals surface area contributed by atoms with E-state index in [1.54, 1.807) is 6.07 Å². The lowest BCUT2D eigenvalue weighted by Gasteiger charge is -2.28.